The quantitative estimate of drug-likeness (QED) is 0.260. The Morgan fingerprint density at radius 3 is 2.67 bits per heavy atom. The number of hydrogen-bond donors (Lipinski definition) is 1. The van der Waals surface area contributed by atoms with E-state index >= 15 is 0 Å². The maximum absolute atomic E-state index is 8.72. The number of nitrogens with zero attached hydrogens (tertiary/aromatic N) is 1. The molecule has 1 atom stereocenters. The van der Waals surface area contributed by atoms with Crippen molar-refractivity contribution in [1.82, 2.24) is 0 Å². The summed E-state index contributed by atoms with van der Waals surface area (Å²) in [6, 6.07) is 9.22. The van der Waals surface area contributed by atoms with Crippen LogP contribution in [-0.2, 0) is 14.2 Å². The second-order valence-electron chi connectivity index (χ2n) is 3.40. The second kappa shape index (κ2) is 8.88. The highest BCUT2D eigenvalue weighted by molar-refractivity contribution is 6.66. The van der Waals surface area contributed by atoms with Crippen molar-refractivity contribution in [1.29, 1.82) is 0 Å². The largest absolute Gasteiger partial charge is 0.410 e. The summed E-state index contributed by atoms with van der Waals surface area (Å²) >= 11 is 5.80. The van der Waals surface area contributed by atoms with E-state index in [-0.39, 0.29) is 12.0 Å². The summed E-state index contributed by atoms with van der Waals surface area (Å²) < 4.78 is 15.4. The lowest BCUT2D eigenvalue weighted by Crippen LogP contribution is -2.15. The maximum Gasteiger partial charge on any atom is 0.178 e. The van der Waals surface area contributed by atoms with Gasteiger partial charge in [0.25, 0.3) is 0 Å². The van der Waals surface area contributed by atoms with Gasteiger partial charge in [0.05, 0.1) is 13.2 Å². The van der Waals surface area contributed by atoms with Crippen molar-refractivity contribution in [2.45, 2.75) is 6.10 Å². The summed E-state index contributed by atoms with van der Waals surface area (Å²) in [6.07, 6.45) is -0.639. The summed E-state index contributed by atoms with van der Waals surface area (Å²) in [6.45, 7) is 0.946. The number of benzene rings is 1. The SMILES string of the molecule is COCCOCO[C@H](C(Cl)=NO)c1ccccc1. The first-order valence-electron chi connectivity index (χ1n) is 5.40. The van der Waals surface area contributed by atoms with E-state index in [1.54, 1.807) is 7.11 Å². The van der Waals surface area contributed by atoms with Crippen molar-refractivity contribution in [2.24, 2.45) is 5.16 Å². The molecule has 1 aromatic rings. The normalized spacial score (nSPS) is 13.6. The lowest BCUT2D eigenvalue weighted by molar-refractivity contribution is -0.0807. The molecule has 0 aliphatic heterocycles. The van der Waals surface area contributed by atoms with Gasteiger partial charge in [0.2, 0.25) is 0 Å². The Morgan fingerprint density at radius 1 is 1.33 bits per heavy atom. The van der Waals surface area contributed by atoms with E-state index in [2.05, 4.69) is 5.16 Å². The fraction of sp³-hybridized carbons (Fsp3) is 0.417. The molecule has 18 heavy (non-hydrogen) atoms. The van der Waals surface area contributed by atoms with Crippen molar-refractivity contribution < 1.29 is 19.4 Å². The summed E-state index contributed by atoms with van der Waals surface area (Å²) in [5.41, 5.74) is 0.788. The van der Waals surface area contributed by atoms with Gasteiger partial charge in [-0.2, -0.15) is 0 Å². The molecule has 1 rings (SSSR count). The van der Waals surface area contributed by atoms with Crippen molar-refractivity contribution in [3.05, 3.63) is 35.9 Å². The predicted molar refractivity (Wildman–Crippen MR) is 68.0 cm³/mol. The third-order valence-corrected chi connectivity index (χ3v) is 2.44. The highest BCUT2D eigenvalue weighted by atomic mass is 35.5. The van der Waals surface area contributed by atoms with Crippen LogP contribution < -0.4 is 0 Å². The number of hydrogen-bond acceptors (Lipinski definition) is 5. The van der Waals surface area contributed by atoms with Crippen LogP contribution >= 0.6 is 11.6 Å². The van der Waals surface area contributed by atoms with Crippen LogP contribution in [0, 0.1) is 0 Å². The van der Waals surface area contributed by atoms with Gasteiger partial charge in [0.15, 0.2) is 5.17 Å². The molecule has 1 N–H and O–H groups in total. The Kier molecular flexibility index (Phi) is 7.36. The third-order valence-electron chi connectivity index (χ3n) is 2.16. The predicted octanol–water partition coefficient (Wildman–Crippen LogP) is 2.39. The van der Waals surface area contributed by atoms with Crippen molar-refractivity contribution in [3.8, 4) is 0 Å². The number of rotatable bonds is 8. The van der Waals surface area contributed by atoms with Crippen LogP contribution in [0.2, 0.25) is 0 Å². The van der Waals surface area contributed by atoms with Crippen molar-refractivity contribution >= 4 is 16.8 Å². The average Bonchev–Trinajstić information content (AvgIpc) is 2.43. The molecule has 100 valence electrons. The zero-order chi connectivity index (χ0) is 13.2. The molecular formula is C12H16ClNO4. The molecular weight excluding hydrogens is 258 g/mol. The van der Waals surface area contributed by atoms with Gasteiger partial charge in [0.1, 0.15) is 12.9 Å². The van der Waals surface area contributed by atoms with E-state index in [0.29, 0.717) is 13.2 Å². The van der Waals surface area contributed by atoms with E-state index in [1.807, 2.05) is 30.3 Å². The van der Waals surface area contributed by atoms with Crippen LogP contribution in [-0.4, -0.2) is 37.5 Å². The molecule has 0 aliphatic rings. The lowest BCUT2D eigenvalue weighted by Gasteiger charge is -2.15. The smallest absolute Gasteiger partial charge is 0.178 e. The van der Waals surface area contributed by atoms with E-state index in [9.17, 15) is 0 Å². The van der Waals surface area contributed by atoms with Gasteiger partial charge in [-0.3, -0.25) is 0 Å². The van der Waals surface area contributed by atoms with E-state index < -0.39 is 6.10 Å². The minimum atomic E-state index is -0.639. The zero-order valence-electron chi connectivity index (χ0n) is 10.1. The van der Waals surface area contributed by atoms with Crippen LogP contribution in [0.5, 0.6) is 0 Å². The summed E-state index contributed by atoms with van der Waals surface area (Å²) in [7, 11) is 1.59. The molecule has 0 aromatic heterocycles. The van der Waals surface area contributed by atoms with Crippen LogP contribution in [0.1, 0.15) is 11.7 Å². The first-order chi connectivity index (χ1) is 8.79. The van der Waals surface area contributed by atoms with Gasteiger partial charge in [-0.15, -0.1) is 0 Å². The molecule has 0 unspecified atom stereocenters. The summed E-state index contributed by atoms with van der Waals surface area (Å²) in [5, 5.41) is 11.6. The molecule has 0 bridgehead atoms. The van der Waals surface area contributed by atoms with Gasteiger partial charge in [-0.05, 0) is 5.56 Å². The Morgan fingerprint density at radius 2 is 2.06 bits per heavy atom. The lowest BCUT2D eigenvalue weighted by atomic mass is 10.1. The molecule has 0 spiro atoms. The highest BCUT2D eigenvalue weighted by Gasteiger charge is 2.17. The fourth-order valence-corrected chi connectivity index (χ4v) is 1.49. The molecule has 5 nitrogen and oxygen atoms in total. The first kappa shape index (κ1) is 14.9. The third kappa shape index (κ3) is 5.01. The molecule has 0 fully saturated rings. The van der Waals surface area contributed by atoms with Gasteiger partial charge in [0, 0.05) is 7.11 Å². The highest BCUT2D eigenvalue weighted by Crippen LogP contribution is 2.21. The summed E-state index contributed by atoms with van der Waals surface area (Å²) in [5.74, 6) is 0. The van der Waals surface area contributed by atoms with E-state index in [1.165, 1.54) is 0 Å². The Hall–Kier alpha value is -1.14. The molecule has 0 aliphatic carbocycles. The number of oxime groups is 1. The standard InChI is InChI=1S/C12H16ClNO4/c1-16-7-8-17-9-18-11(12(13)14-15)10-5-3-2-4-6-10/h2-6,11,15H,7-9H2,1H3/t11-/m0/s1. The minimum absolute atomic E-state index is 0.0364. The maximum atomic E-state index is 8.72. The van der Waals surface area contributed by atoms with Gasteiger partial charge in [-0.25, -0.2) is 0 Å². The minimum Gasteiger partial charge on any atom is -0.410 e. The molecule has 0 saturated heterocycles. The second-order valence-corrected chi connectivity index (χ2v) is 3.79. The molecule has 0 radical (unpaired) electrons. The monoisotopic (exact) mass is 273 g/mol. The zero-order valence-corrected chi connectivity index (χ0v) is 10.8. The van der Waals surface area contributed by atoms with Gasteiger partial charge >= 0.3 is 0 Å². The number of ether oxygens (including phenoxy) is 3. The van der Waals surface area contributed by atoms with Crippen LogP contribution in [0.15, 0.2) is 35.5 Å². The van der Waals surface area contributed by atoms with Crippen molar-refractivity contribution in [3.63, 3.8) is 0 Å². The molecule has 0 heterocycles. The fourth-order valence-electron chi connectivity index (χ4n) is 1.30. The summed E-state index contributed by atoms with van der Waals surface area (Å²) in [4.78, 5) is 0. The Balaban J connectivity index is 2.53. The van der Waals surface area contributed by atoms with Gasteiger partial charge < -0.3 is 19.4 Å². The molecule has 0 saturated carbocycles. The number of methoxy groups -OCH3 is 1. The molecule has 6 heteroatoms. The van der Waals surface area contributed by atoms with Gasteiger partial charge in [-0.1, -0.05) is 47.1 Å². The topological polar surface area (TPSA) is 60.3 Å². The molecule has 0 amide bonds. The Bertz CT molecular complexity index is 358. The van der Waals surface area contributed by atoms with Crippen LogP contribution in [0.3, 0.4) is 0 Å². The number of halogens is 1. The molecule has 1 aromatic carbocycles. The average molecular weight is 274 g/mol. The van der Waals surface area contributed by atoms with Crippen LogP contribution in [0.4, 0.5) is 0 Å². The first-order valence-corrected chi connectivity index (χ1v) is 5.78. The Labute approximate surface area is 111 Å². The van der Waals surface area contributed by atoms with E-state index in [4.69, 9.17) is 31.0 Å². The van der Waals surface area contributed by atoms with Crippen LogP contribution in [0.25, 0.3) is 0 Å². The van der Waals surface area contributed by atoms with E-state index in [0.717, 1.165) is 5.56 Å². The van der Waals surface area contributed by atoms with Crippen molar-refractivity contribution in [2.75, 3.05) is 27.1 Å².